The number of hydrogen-bond donors (Lipinski definition) is 1. The Bertz CT molecular complexity index is 474. The number of nitrogens with one attached hydrogen (secondary N) is 1. The van der Waals surface area contributed by atoms with Gasteiger partial charge in [0.15, 0.2) is 0 Å². The quantitative estimate of drug-likeness (QED) is 0.920. The summed E-state index contributed by atoms with van der Waals surface area (Å²) in [5.41, 5.74) is 1.09. The van der Waals surface area contributed by atoms with Crippen molar-refractivity contribution in [2.75, 3.05) is 0 Å². The molecule has 1 aromatic rings. The van der Waals surface area contributed by atoms with Crippen LogP contribution < -0.4 is 5.32 Å². The molecule has 1 saturated heterocycles. The molecule has 4 unspecified atom stereocenters. The van der Waals surface area contributed by atoms with Gasteiger partial charge in [0.1, 0.15) is 6.17 Å². The number of nitrogens with zero attached hydrogens (tertiary/aromatic N) is 1. The highest BCUT2D eigenvalue weighted by Crippen LogP contribution is 2.31. The molecule has 1 heterocycles. The van der Waals surface area contributed by atoms with Crippen LogP contribution >= 0.6 is 11.6 Å². The minimum Gasteiger partial charge on any atom is -0.319 e. The fraction of sp³-hybridized carbons (Fsp3) is 0.562. The Kier molecular flexibility index (Phi) is 4.71. The van der Waals surface area contributed by atoms with E-state index in [9.17, 15) is 4.79 Å². The van der Waals surface area contributed by atoms with E-state index >= 15 is 0 Å². The van der Waals surface area contributed by atoms with Crippen molar-refractivity contribution in [2.24, 2.45) is 5.92 Å². The van der Waals surface area contributed by atoms with Crippen LogP contribution in [0.2, 0.25) is 5.02 Å². The third kappa shape index (κ3) is 2.84. The topological polar surface area (TPSA) is 32.3 Å². The largest absolute Gasteiger partial charge is 0.319 e. The molecule has 1 N–H and O–H groups in total. The Morgan fingerprint density at radius 2 is 1.90 bits per heavy atom. The van der Waals surface area contributed by atoms with Gasteiger partial charge in [-0.05, 0) is 37.5 Å². The molecular weight excluding hydrogens is 272 g/mol. The molecule has 110 valence electrons. The van der Waals surface area contributed by atoms with Gasteiger partial charge in [-0.15, -0.1) is 0 Å². The van der Waals surface area contributed by atoms with E-state index in [4.69, 9.17) is 11.6 Å². The van der Waals surface area contributed by atoms with Gasteiger partial charge in [0, 0.05) is 11.1 Å². The fourth-order valence-corrected chi connectivity index (χ4v) is 2.82. The summed E-state index contributed by atoms with van der Waals surface area (Å²) in [6, 6.07) is 7.80. The lowest BCUT2D eigenvalue weighted by atomic mass is 9.98. The van der Waals surface area contributed by atoms with Gasteiger partial charge in [0.05, 0.1) is 6.04 Å². The van der Waals surface area contributed by atoms with Crippen molar-refractivity contribution in [2.45, 2.75) is 52.4 Å². The molecule has 20 heavy (non-hydrogen) atoms. The van der Waals surface area contributed by atoms with Crippen molar-refractivity contribution in [3.05, 3.63) is 34.9 Å². The smallest absolute Gasteiger partial charge is 0.241 e. The molecule has 0 saturated carbocycles. The Morgan fingerprint density at radius 3 is 2.45 bits per heavy atom. The summed E-state index contributed by atoms with van der Waals surface area (Å²) >= 11 is 5.95. The van der Waals surface area contributed by atoms with Crippen LogP contribution in [-0.4, -0.2) is 22.9 Å². The molecular formula is C16H23ClN2O. The standard InChI is InChI=1S/C16H23ClN2O/c1-5-10(2)12(4)19-15(18-11(3)16(19)20)13-6-8-14(17)9-7-13/h6-12,15,18H,5H2,1-4H3. The summed E-state index contributed by atoms with van der Waals surface area (Å²) in [5.74, 6) is 0.651. The van der Waals surface area contributed by atoms with Gasteiger partial charge in [0.2, 0.25) is 5.91 Å². The molecule has 2 rings (SSSR count). The molecule has 0 bridgehead atoms. The van der Waals surface area contributed by atoms with E-state index in [0.29, 0.717) is 10.9 Å². The van der Waals surface area contributed by atoms with E-state index in [-0.39, 0.29) is 24.2 Å². The van der Waals surface area contributed by atoms with Crippen LogP contribution in [0, 0.1) is 5.92 Å². The average Bonchev–Trinajstić information content (AvgIpc) is 2.74. The molecule has 0 spiro atoms. The van der Waals surface area contributed by atoms with E-state index in [2.05, 4.69) is 26.1 Å². The van der Waals surface area contributed by atoms with Crippen LogP contribution in [0.4, 0.5) is 0 Å². The van der Waals surface area contributed by atoms with Crippen LogP contribution in [-0.2, 0) is 4.79 Å². The third-order valence-electron chi connectivity index (χ3n) is 4.40. The lowest BCUT2D eigenvalue weighted by Gasteiger charge is -2.34. The maximum absolute atomic E-state index is 12.5. The van der Waals surface area contributed by atoms with E-state index in [0.717, 1.165) is 12.0 Å². The highest BCUT2D eigenvalue weighted by atomic mass is 35.5. The first-order valence-corrected chi connectivity index (χ1v) is 7.67. The highest BCUT2D eigenvalue weighted by Gasteiger charge is 2.40. The number of hydrogen-bond acceptors (Lipinski definition) is 2. The van der Waals surface area contributed by atoms with Crippen molar-refractivity contribution in [3.63, 3.8) is 0 Å². The molecule has 4 heteroatoms. The molecule has 0 aromatic heterocycles. The predicted octanol–water partition coefficient (Wildman–Crippen LogP) is 3.59. The number of rotatable bonds is 4. The van der Waals surface area contributed by atoms with E-state index in [1.165, 1.54) is 0 Å². The molecule has 1 aromatic carbocycles. The van der Waals surface area contributed by atoms with Crippen molar-refractivity contribution < 1.29 is 4.79 Å². The molecule has 0 aliphatic carbocycles. The van der Waals surface area contributed by atoms with Crippen molar-refractivity contribution in [1.29, 1.82) is 0 Å². The van der Waals surface area contributed by atoms with Crippen LogP contribution in [0.25, 0.3) is 0 Å². The second-order valence-electron chi connectivity index (χ2n) is 5.71. The zero-order valence-corrected chi connectivity index (χ0v) is 13.3. The predicted molar refractivity (Wildman–Crippen MR) is 82.6 cm³/mol. The molecule has 1 amide bonds. The van der Waals surface area contributed by atoms with E-state index < -0.39 is 0 Å². The first kappa shape index (κ1) is 15.3. The minimum atomic E-state index is -0.137. The van der Waals surface area contributed by atoms with Crippen molar-refractivity contribution in [1.82, 2.24) is 10.2 Å². The Labute approximate surface area is 126 Å². The van der Waals surface area contributed by atoms with Crippen molar-refractivity contribution in [3.8, 4) is 0 Å². The summed E-state index contributed by atoms with van der Waals surface area (Å²) in [6.07, 6.45) is 1.01. The number of halogens is 1. The van der Waals surface area contributed by atoms with Crippen LogP contribution in [0.15, 0.2) is 24.3 Å². The summed E-state index contributed by atoms with van der Waals surface area (Å²) in [5, 5.41) is 4.10. The van der Waals surface area contributed by atoms with E-state index in [1.807, 2.05) is 36.1 Å². The molecule has 1 fully saturated rings. The third-order valence-corrected chi connectivity index (χ3v) is 4.65. The maximum Gasteiger partial charge on any atom is 0.241 e. The summed E-state index contributed by atoms with van der Waals surface area (Å²) in [4.78, 5) is 14.4. The fourth-order valence-electron chi connectivity index (χ4n) is 2.69. The SMILES string of the molecule is CCC(C)C(C)N1C(=O)C(C)NC1c1ccc(Cl)cc1. The maximum atomic E-state index is 12.5. The number of benzene rings is 1. The Hall–Kier alpha value is -1.06. The van der Waals surface area contributed by atoms with Gasteiger partial charge >= 0.3 is 0 Å². The number of carbonyl (C=O) groups is 1. The lowest BCUT2D eigenvalue weighted by Crippen LogP contribution is -2.41. The van der Waals surface area contributed by atoms with Gasteiger partial charge < -0.3 is 4.90 Å². The van der Waals surface area contributed by atoms with Gasteiger partial charge in [-0.1, -0.05) is 44.0 Å². The normalized spacial score (nSPS) is 25.9. The second-order valence-corrected chi connectivity index (χ2v) is 6.15. The first-order chi connectivity index (χ1) is 9.45. The van der Waals surface area contributed by atoms with Gasteiger partial charge in [-0.3, -0.25) is 10.1 Å². The van der Waals surface area contributed by atoms with Crippen LogP contribution in [0.1, 0.15) is 45.8 Å². The average molecular weight is 295 g/mol. The Balaban J connectivity index is 2.30. The zero-order chi connectivity index (χ0) is 14.9. The monoisotopic (exact) mass is 294 g/mol. The Morgan fingerprint density at radius 1 is 1.30 bits per heavy atom. The first-order valence-electron chi connectivity index (χ1n) is 7.29. The molecule has 3 nitrogen and oxygen atoms in total. The second kappa shape index (κ2) is 6.15. The summed E-state index contributed by atoms with van der Waals surface area (Å²) < 4.78 is 0. The van der Waals surface area contributed by atoms with Gasteiger partial charge in [-0.2, -0.15) is 0 Å². The zero-order valence-electron chi connectivity index (χ0n) is 12.6. The lowest BCUT2D eigenvalue weighted by molar-refractivity contribution is -0.132. The molecule has 1 aliphatic rings. The minimum absolute atomic E-state index is 0.0567. The highest BCUT2D eigenvalue weighted by molar-refractivity contribution is 6.30. The van der Waals surface area contributed by atoms with Gasteiger partial charge in [-0.25, -0.2) is 0 Å². The van der Waals surface area contributed by atoms with Crippen molar-refractivity contribution >= 4 is 17.5 Å². The molecule has 4 atom stereocenters. The van der Waals surface area contributed by atoms with Gasteiger partial charge in [0.25, 0.3) is 0 Å². The van der Waals surface area contributed by atoms with Crippen LogP contribution in [0.5, 0.6) is 0 Å². The summed E-state index contributed by atoms with van der Waals surface area (Å²) in [7, 11) is 0. The molecule has 0 radical (unpaired) electrons. The summed E-state index contributed by atoms with van der Waals surface area (Å²) in [6.45, 7) is 8.42. The number of carbonyl (C=O) groups excluding carboxylic acids is 1. The van der Waals surface area contributed by atoms with E-state index in [1.54, 1.807) is 0 Å². The number of amides is 1. The van der Waals surface area contributed by atoms with Crippen LogP contribution in [0.3, 0.4) is 0 Å². The molecule has 1 aliphatic heterocycles.